The van der Waals surface area contributed by atoms with Gasteiger partial charge >= 0.3 is 0 Å². The Morgan fingerprint density at radius 3 is 2.48 bits per heavy atom. The number of fused-ring (bicyclic) bond motifs is 3. The molecule has 1 aliphatic heterocycles. The molecule has 33 heavy (non-hydrogen) atoms. The van der Waals surface area contributed by atoms with Gasteiger partial charge in [-0.3, -0.25) is 9.78 Å². The lowest BCUT2D eigenvalue weighted by atomic mass is 10.1. The summed E-state index contributed by atoms with van der Waals surface area (Å²) in [5.41, 5.74) is 5.51. The number of hydrogen-bond acceptors (Lipinski definition) is 6. The first kappa shape index (κ1) is 19.6. The molecule has 2 N–H and O–H groups in total. The van der Waals surface area contributed by atoms with Crippen LogP contribution in [-0.4, -0.2) is 63.0 Å². The summed E-state index contributed by atoms with van der Waals surface area (Å²) in [5.74, 6) is 0.489. The summed E-state index contributed by atoms with van der Waals surface area (Å²) in [6.07, 6.45) is 5.21. The molecule has 0 saturated carbocycles. The first-order chi connectivity index (χ1) is 16.2. The van der Waals surface area contributed by atoms with Gasteiger partial charge in [0.2, 0.25) is 0 Å². The topological polar surface area (TPSA) is 93.8 Å². The van der Waals surface area contributed by atoms with Crippen LogP contribution in [0.4, 0.5) is 5.69 Å². The predicted molar refractivity (Wildman–Crippen MR) is 130 cm³/mol. The van der Waals surface area contributed by atoms with Crippen LogP contribution in [0, 0.1) is 0 Å². The molecule has 5 heterocycles. The third-order valence-electron chi connectivity index (χ3n) is 6.31. The standard InChI is InChI=1S/C25H23N7O/c1-31-9-11-32(12-10-31)19-6-4-16(5-7-19)18-13-20-21-22(29-24(20)27-15-18)25(33)30-23(28-21)17-3-2-8-26-14-17/h2-8,13-15H,9-12H2,1H3,(H,27,29)(H,28,30,33). The minimum Gasteiger partial charge on any atom is -0.369 e. The lowest BCUT2D eigenvalue weighted by Crippen LogP contribution is -2.44. The van der Waals surface area contributed by atoms with Gasteiger partial charge in [0.15, 0.2) is 0 Å². The molecule has 0 atom stereocenters. The summed E-state index contributed by atoms with van der Waals surface area (Å²) in [5, 5.41) is 0.821. The molecule has 0 amide bonds. The normalized spacial score (nSPS) is 14.9. The van der Waals surface area contributed by atoms with Gasteiger partial charge in [-0.2, -0.15) is 0 Å². The third-order valence-corrected chi connectivity index (χ3v) is 6.31. The van der Waals surface area contributed by atoms with Crippen LogP contribution >= 0.6 is 0 Å². The molecule has 0 unspecified atom stereocenters. The monoisotopic (exact) mass is 437 g/mol. The average molecular weight is 438 g/mol. The van der Waals surface area contributed by atoms with Gasteiger partial charge in [-0.05, 0) is 42.9 Å². The van der Waals surface area contributed by atoms with Crippen molar-refractivity contribution in [2.75, 3.05) is 38.1 Å². The van der Waals surface area contributed by atoms with E-state index in [2.05, 4.69) is 61.0 Å². The Kier molecular flexibility index (Phi) is 4.66. The molecule has 0 spiro atoms. The molecule has 0 radical (unpaired) electrons. The van der Waals surface area contributed by atoms with Crippen LogP contribution in [0.25, 0.3) is 44.6 Å². The molecule has 8 nitrogen and oxygen atoms in total. The van der Waals surface area contributed by atoms with Gasteiger partial charge in [0, 0.05) is 67.0 Å². The molecule has 1 fully saturated rings. The number of H-pyrrole nitrogens is 2. The van der Waals surface area contributed by atoms with Crippen molar-refractivity contribution < 1.29 is 0 Å². The van der Waals surface area contributed by atoms with Crippen molar-refractivity contribution in [2.24, 2.45) is 0 Å². The minimum absolute atomic E-state index is 0.227. The van der Waals surface area contributed by atoms with E-state index in [-0.39, 0.29) is 5.56 Å². The van der Waals surface area contributed by atoms with Gasteiger partial charge in [0.05, 0.1) is 0 Å². The quantitative estimate of drug-likeness (QED) is 0.450. The number of anilines is 1. The van der Waals surface area contributed by atoms with Crippen molar-refractivity contribution in [3.63, 3.8) is 0 Å². The van der Waals surface area contributed by atoms with Crippen LogP contribution in [0.15, 0.2) is 65.8 Å². The molecule has 1 aromatic carbocycles. The highest BCUT2D eigenvalue weighted by atomic mass is 16.1. The predicted octanol–water partition coefficient (Wildman–Crippen LogP) is 3.28. The van der Waals surface area contributed by atoms with E-state index in [1.165, 1.54) is 5.69 Å². The van der Waals surface area contributed by atoms with E-state index in [1.54, 1.807) is 12.4 Å². The van der Waals surface area contributed by atoms with E-state index in [4.69, 9.17) is 4.98 Å². The lowest BCUT2D eigenvalue weighted by molar-refractivity contribution is 0.313. The fourth-order valence-corrected chi connectivity index (χ4v) is 4.37. The Labute approximate surface area is 189 Å². The van der Waals surface area contributed by atoms with Crippen molar-refractivity contribution in [1.82, 2.24) is 29.8 Å². The van der Waals surface area contributed by atoms with Gasteiger partial charge in [0.1, 0.15) is 22.5 Å². The third kappa shape index (κ3) is 3.54. The van der Waals surface area contributed by atoms with Crippen molar-refractivity contribution in [3.8, 4) is 22.5 Å². The van der Waals surface area contributed by atoms with E-state index in [1.807, 2.05) is 24.4 Å². The number of nitrogens with one attached hydrogen (secondary N) is 2. The van der Waals surface area contributed by atoms with Gasteiger partial charge in [-0.25, -0.2) is 9.97 Å². The number of aromatic nitrogens is 5. The maximum atomic E-state index is 12.7. The Balaban J connectivity index is 1.39. The largest absolute Gasteiger partial charge is 0.369 e. The number of hydrogen-bond donors (Lipinski definition) is 2. The van der Waals surface area contributed by atoms with Crippen LogP contribution in [-0.2, 0) is 0 Å². The van der Waals surface area contributed by atoms with Gasteiger partial charge in [-0.1, -0.05) is 12.1 Å². The zero-order chi connectivity index (χ0) is 22.4. The molecule has 164 valence electrons. The number of benzene rings is 1. The first-order valence-corrected chi connectivity index (χ1v) is 11.0. The minimum atomic E-state index is -0.227. The summed E-state index contributed by atoms with van der Waals surface area (Å²) in [6.45, 7) is 4.24. The Bertz CT molecular complexity index is 1500. The van der Waals surface area contributed by atoms with Crippen LogP contribution in [0.2, 0.25) is 0 Å². The molecule has 5 aromatic rings. The second-order valence-electron chi connectivity index (χ2n) is 8.46. The van der Waals surface area contributed by atoms with Crippen molar-refractivity contribution in [1.29, 1.82) is 0 Å². The van der Waals surface area contributed by atoms with E-state index in [0.717, 1.165) is 48.3 Å². The number of likely N-dealkylation sites (N-methyl/N-ethyl adjacent to an activating group) is 1. The number of piperazine rings is 1. The second-order valence-corrected chi connectivity index (χ2v) is 8.46. The Morgan fingerprint density at radius 1 is 0.909 bits per heavy atom. The fourth-order valence-electron chi connectivity index (χ4n) is 4.37. The number of nitrogens with zero attached hydrogens (tertiary/aromatic N) is 5. The average Bonchev–Trinajstić information content (AvgIpc) is 3.24. The summed E-state index contributed by atoms with van der Waals surface area (Å²) >= 11 is 0. The summed E-state index contributed by atoms with van der Waals surface area (Å²) in [4.78, 5) is 36.9. The molecule has 6 rings (SSSR count). The molecule has 1 aliphatic rings. The summed E-state index contributed by atoms with van der Waals surface area (Å²) in [6, 6.07) is 14.3. The van der Waals surface area contributed by atoms with Crippen LogP contribution < -0.4 is 10.5 Å². The molecule has 8 heteroatoms. The SMILES string of the molecule is CN1CCN(c2ccc(-c3cnc4[nH]c5c(=O)[nH]c(-c6cccnc6)nc5c4c3)cc2)CC1. The van der Waals surface area contributed by atoms with Crippen molar-refractivity contribution >= 4 is 27.8 Å². The van der Waals surface area contributed by atoms with E-state index in [9.17, 15) is 4.79 Å². The highest BCUT2D eigenvalue weighted by Crippen LogP contribution is 2.29. The van der Waals surface area contributed by atoms with Crippen molar-refractivity contribution in [2.45, 2.75) is 0 Å². The molecule has 0 bridgehead atoms. The fraction of sp³-hybridized carbons (Fsp3) is 0.200. The molecular weight excluding hydrogens is 414 g/mol. The van der Waals surface area contributed by atoms with Gasteiger partial charge in [-0.15, -0.1) is 0 Å². The first-order valence-electron chi connectivity index (χ1n) is 11.0. The highest BCUT2D eigenvalue weighted by molar-refractivity contribution is 6.04. The highest BCUT2D eigenvalue weighted by Gasteiger charge is 2.16. The number of rotatable bonds is 3. The molecule has 1 saturated heterocycles. The van der Waals surface area contributed by atoms with Gasteiger partial charge < -0.3 is 19.8 Å². The van der Waals surface area contributed by atoms with E-state index >= 15 is 0 Å². The number of aromatic amines is 2. The molecule has 4 aromatic heterocycles. The van der Waals surface area contributed by atoms with Crippen LogP contribution in [0.1, 0.15) is 0 Å². The van der Waals surface area contributed by atoms with E-state index < -0.39 is 0 Å². The van der Waals surface area contributed by atoms with Gasteiger partial charge in [0.25, 0.3) is 5.56 Å². The maximum absolute atomic E-state index is 12.7. The summed E-state index contributed by atoms with van der Waals surface area (Å²) < 4.78 is 0. The molecule has 0 aliphatic carbocycles. The Morgan fingerprint density at radius 2 is 1.73 bits per heavy atom. The Hall–Kier alpha value is -4.04. The molecular formula is C25H23N7O. The van der Waals surface area contributed by atoms with Crippen molar-refractivity contribution in [3.05, 3.63) is 71.4 Å². The second kappa shape index (κ2) is 7.83. The maximum Gasteiger partial charge on any atom is 0.275 e. The van der Waals surface area contributed by atoms with Crippen LogP contribution in [0.5, 0.6) is 0 Å². The summed E-state index contributed by atoms with van der Waals surface area (Å²) in [7, 11) is 2.16. The zero-order valence-corrected chi connectivity index (χ0v) is 18.2. The number of pyridine rings is 2. The smallest absolute Gasteiger partial charge is 0.275 e. The lowest BCUT2D eigenvalue weighted by Gasteiger charge is -2.34. The zero-order valence-electron chi connectivity index (χ0n) is 18.2. The van der Waals surface area contributed by atoms with E-state index in [0.29, 0.717) is 22.5 Å². The van der Waals surface area contributed by atoms with Crippen LogP contribution in [0.3, 0.4) is 0 Å².